The molecule has 0 bridgehead atoms. The van der Waals surface area contributed by atoms with Gasteiger partial charge in [-0.2, -0.15) is 39.5 Å². The Balaban J connectivity index is 0.000000301. The fraction of sp³-hybridized carbons (Fsp3) is 0.133. The smallest absolute Gasteiger partial charge is 0.872 e. The third kappa shape index (κ3) is 17.1. The molecule has 6 aromatic rings. The second-order valence-electron chi connectivity index (χ2n) is 13.3. The van der Waals surface area contributed by atoms with Gasteiger partial charge in [-0.1, -0.05) is 101 Å². The average molecular weight is 1080 g/mol. The number of nitro benzene ring substituents is 1. The monoisotopic (exact) mass is 1080 g/mol. The predicted octanol–water partition coefficient (Wildman–Crippen LogP) is 8.49. The molecule has 2 aromatic heterocycles. The number of carbonyl (C=O) groups excluding carboxylic acids is 3. The van der Waals surface area contributed by atoms with Crippen LogP contribution in [0.2, 0.25) is 0 Å². The topological polar surface area (TPSA) is 189 Å². The number of nitrogens with zero attached hydrogens (tertiary/aromatic N) is 3. The molecule has 0 amide bonds. The normalized spacial score (nSPS) is 12.0. The zero-order chi connectivity index (χ0) is 48.9. The van der Waals surface area contributed by atoms with Gasteiger partial charge in [-0.15, -0.1) is 0 Å². The van der Waals surface area contributed by atoms with Crippen molar-refractivity contribution in [3.05, 3.63) is 189 Å². The molecule has 347 valence electrons. The third-order valence-electron chi connectivity index (χ3n) is 8.27. The molecule has 66 heavy (non-hydrogen) atoms. The van der Waals surface area contributed by atoms with Crippen LogP contribution in [0, 0.1) is 69.1 Å². The Labute approximate surface area is 398 Å². The van der Waals surface area contributed by atoms with Crippen molar-refractivity contribution in [3.63, 3.8) is 0 Å². The van der Waals surface area contributed by atoms with Gasteiger partial charge in [0.1, 0.15) is 5.52 Å². The van der Waals surface area contributed by atoms with Crippen LogP contribution in [0.1, 0.15) is 43.0 Å². The fourth-order valence-corrected chi connectivity index (χ4v) is 4.92. The number of hydrogen-bond acceptors (Lipinski definition) is 10. The van der Waals surface area contributed by atoms with Gasteiger partial charge in [-0.3, -0.25) is 34.5 Å². The largest absolute Gasteiger partial charge is 3.00 e. The number of hydrogen-bond donors (Lipinski definition) is 0. The van der Waals surface area contributed by atoms with Gasteiger partial charge in [0.25, 0.3) is 11.5 Å². The van der Waals surface area contributed by atoms with Gasteiger partial charge in [-0.05, 0) is 74.3 Å². The Bertz CT molecular complexity index is 2670. The van der Waals surface area contributed by atoms with Crippen molar-refractivity contribution in [2.45, 2.75) is 39.3 Å². The number of aryl methyl sites for hydroxylation is 3. The molecule has 11 nitrogen and oxygen atoms in total. The van der Waals surface area contributed by atoms with Gasteiger partial charge in [-0.25, -0.2) is 0 Å². The number of carbonyl (C=O) groups is 3. The van der Waals surface area contributed by atoms with Crippen LogP contribution in [0.25, 0.3) is 27.6 Å². The maximum atomic E-state index is 11.9. The summed E-state index contributed by atoms with van der Waals surface area (Å²) in [6, 6.07) is 26.2. The molecule has 0 atom stereocenters. The molecule has 6 rings (SSSR count). The summed E-state index contributed by atoms with van der Waals surface area (Å²) < 4.78 is 107. The minimum Gasteiger partial charge on any atom is -0.872 e. The van der Waals surface area contributed by atoms with Crippen LogP contribution in [0.15, 0.2) is 145 Å². The molecule has 0 aliphatic rings. The summed E-state index contributed by atoms with van der Waals surface area (Å²) in [4.78, 5) is 52.0. The van der Waals surface area contributed by atoms with E-state index < -0.39 is 58.1 Å². The molecule has 0 saturated carbocycles. The molecule has 0 fully saturated rings. The Morgan fingerprint density at radius 3 is 1.30 bits per heavy atom. The van der Waals surface area contributed by atoms with Crippen LogP contribution in [0.3, 0.4) is 0 Å². The summed E-state index contributed by atoms with van der Waals surface area (Å²) in [6.07, 6.45) is -11.6. The van der Waals surface area contributed by atoms with Crippen LogP contribution < -0.4 is 15.3 Å². The molecule has 2 heterocycles. The van der Waals surface area contributed by atoms with Crippen molar-refractivity contribution in [3.8, 4) is 0 Å². The first-order valence-electron chi connectivity index (χ1n) is 18.2. The van der Waals surface area contributed by atoms with Crippen molar-refractivity contribution < 1.29 is 112 Å². The molecule has 0 N–H and O–H groups in total. The molecule has 1 radical (unpaired) electrons. The van der Waals surface area contributed by atoms with Crippen LogP contribution in [-0.2, 0) is 4.79 Å². The number of halogens is 9. The molecular formula is C45H31DyF9N3O8. The van der Waals surface area contributed by atoms with E-state index in [0.717, 1.165) is 22.1 Å². The van der Waals surface area contributed by atoms with E-state index in [2.05, 4.69) is 9.97 Å². The van der Waals surface area contributed by atoms with Crippen LogP contribution >= 0.6 is 0 Å². The van der Waals surface area contributed by atoms with E-state index in [0.29, 0.717) is 16.4 Å². The first-order valence-corrected chi connectivity index (χ1v) is 18.2. The molecule has 0 spiro atoms. The van der Waals surface area contributed by atoms with Crippen molar-refractivity contribution >= 4 is 50.6 Å². The number of allylic oxidation sites excluding steroid dienone is 5. The number of aromatic nitrogens is 2. The Morgan fingerprint density at radius 1 is 0.545 bits per heavy atom. The third-order valence-corrected chi connectivity index (χ3v) is 8.27. The van der Waals surface area contributed by atoms with E-state index in [1.165, 1.54) is 42.5 Å². The van der Waals surface area contributed by atoms with Crippen LogP contribution in [0.5, 0.6) is 0 Å². The number of pyridine rings is 2. The van der Waals surface area contributed by atoms with Crippen molar-refractivity contribution in [1.29, 1.82) is 0 Å². The number of non-ortho nitro benzene ring substituents is 1. The van der Waals surface area contributed by atoms with Crippen LogP contribution in [0.4, 0.5) is 45.2 Å². The molecular weight excluding hydrogens is 1040 g/mol. The second kappa shape index (κ2) is 24.1. The fourth-order valence-electron chi connectivity index (χ4n) is 4.92. The zero-order valence-electron chi connectivity index (χ0n) is 34.0. The van der Waals surface area contributed by atoms with Gasteiger partial charge < -0.3 is 15.3 Å². The average Bonchev–Trinajstić information content (AvgIpc) is 3.23. The van der Waals surface area contributed by atoms with Crippen molar-refractivity contribution in [2.75, 3.05) is 0 Å². The first kappa shape index (κ1) is 55.5. The minimum atomic E-state index is -5.00. The van der Waals surface area contributed by atoms with Gasteiger partial charge >= 0.3 is 56.7 Å². The van der Waals surface area contributed by atoms with E-state index in [1.807, 2.05) is 0 Å². The van der Waals surface area contributed by atoms with Gasteiger partial charge in [0.15, 0.2) is 11.6 Å². The number of benzene rings is 4. The molecule has 21 heteroatoms. The van der Waals surface area contributed by atoms with E-state index in [-0.39, 0.29) is 78.8 Å². The summed E-state index contributed by atoms with van der Waals surface area (Å²) in [5.41, 5.74) is 4.12. The van der Waals surface area contributed by atoms with Gasteiger partial charge in [0.2, 0.25) is 0 Å². The summed E-state index contributed by atoms with van der Waals surface area (Å²) in [7, 11) is 0. The van der Waals surface area contributed by atoms with E-state index in [1.54, 1.807) is 93.8 Å². The van der Waals surface area contributed by atoms with Crippen LogP contribution in [-0.4, -0.2) is 50.8 Å². The molecule has 0 saturated heterocycles. The Morgan fingerprint density at radius 2 is 0.924 bits per heavy atom. The van der Waals surface area contributed by atoms with E-state index >= 15 is 0 Å². The van der Waals surface area contributed by atoms with Gasteiger partial charge in [0.05, 0.1) is 15.8 Å². The number of ketones is 3. The molecule has 0 unspecified atom stereocenters. The van der Waals surface area contributed by atoms with Crippen molar-refractivity contribution in [1.82, 2.24) is 9.97 Å². The van der Waals surface area contributed by atoms with Gasteiger partial charge in [0, 0.05) is 35.0 Å². The Hall–Kier alpha value is -6.63. The summed E-state index contributed by atoms with van der Waals surface area (Å²) in [5.74, 6) is -9.25. The first-order chi connectivity index (χ1) is 30.2. The van der Waals surface area contributed by atoms with E-state index in [4.69, 9.17) is 0 Å². The number of rotatable bonds is 7. The predicted molar refractivity (Wildman–Crippen MR) is 213 cm³/mol. The SMILES string of the molecule is Cc1ccc(/C([O-])=C/C(=O)C(F)(F)F)cc1.Cc1ccc(C(=O)/C=C(\[O-])C(F)(F)F)cc1.Cc1ccc(C(=O)/C=C(\[O-])C(F)(F)F)cc1.O=[N+]([O-])c1cc2cccnc2c2ncccc12.[Dy+3]. The number of nitro groups is 1. The zero-order valence-corrected chi connectivity index (χ0v) is 36.1. The summed E-state index contributed by atoms with van der Waals surface area (Å²) in [5, 5.41) is 44.5. The second-order valence-corrected chi connectivity index (χ2v) is 13.3. The quantitative estimate of drug-likeness (QED) is 0.0285. The van der Waals surface area contributed by atoms with E-state index in [9.17, 15) is 79.3 Å². The Kier molecular flexibility index (Phi) is 20.2. The molecule has 0 aliphatic carbocycles. The maximum absolute atomic E-state index is 11.9. The van der Waals surface area contributed by atoms with Crippen molar-refractivity contribution in [2.24, 2.45) is 0 Å². The standard InChI is InChI=1S/C12H7N3O2.3C11H9F3O2.Dy/c16-15(17)10-7-8-3-1-5-13-11(8)12-9(10)4-2-6-14-12;3*1-7-2-4-8(5-3-7)9(15)6-10(16)11(12,13)14;/h1-7H;2*2-6,16H,1H3;2-6,15H,1H3;/q;;;;+3/p-3/b;2*10-6-;9-6-;. The summed E-state index contributed by atoms with van der Waals surface area (Å²) in [6.45, 7) is 5.33. The molecule has 4 aromatic carbocycles. The maximum Gasteiger partial charge on any atom is 3.00 e. The number of alkyl halides is 9. The summed E-state index contributed by atoms with van der Waals surface area (Å²) >= 11 is 0. The minimum absolute atomic E-state index is 0. The number of fused-ring (bicyclic) bond motifs is 3. The molecule has 0 aliphatic heterocycles.